The number of hydrogen-bond donors (Lipinski definition) is 0. The van der Waals surface area contributed by atoms with E-state index in [1.165, 1.54) is 0 Å². The highest BCUT2D eigenvalue weighted by atomic mass is 16.5. The summed E-state index contributed by atoms with van der Waals surface area (Å²) in [4.78, 5) is 29.9. The third-order valence-electron chi connectivity index (χ3n) is 6.37. The van der Waals surface area contributed by atoms with E-state index in [4.69, 9.17) is 4.74 Å². The van der Waals surface area contributed by atoms with Gasteiger partial charge in [0.05, 0.1) is 13.1 Å². The van der Waals surface area contributed by atoms with Crippen LogP contribution in [0, 0.1) is 18.8 Å². The third-order valence-corrected chi connectivity index (χ3v) is 6.37. The maximum absolute atomic E-state index is 13.1. The van der Waals surface area contributed by atoms with Gasteiger partial charge in [0.25, 0.3) is 0 Å². The summed E-state index contributed by atoms with van der Waals surface area (Å²) in [6, 6.07) is 7.99. The molecular weight excluding hydrogens is 340 g/mol. The third kappa shape index (κ3) is 3.83. The minimum Gasteiger partial charge on any atom is -0.486 e. The van der Waals surface area contributed by atoms with E-state index >= 15 is 0 Å². The number of likely N-dealkylation sites (tertiary alicyclic amines) is 2. The molecule has 2 amide bonds. The number of carbonyl (C=O) groups is 2. The van der Waals surface area contributed by atoms with E-state index in [9.17, 15) is 9.59 Å². The highest BCUT2D eigenvalue weighted by molar-refractivity contribution is 5.88. The zero-order valence-corrected chi connectivity index (χ0v) is 16.2. The van der Waals surface area contributed by atoms with Gasteiger partial charge in [-0.2, -0.15) is 0 Å². The SMILES string of the molecule is Cc1ccccc1OC1CN(C(=O)[C@H]2CCCC[C@H]2C(=O)N2CCCC2)C1. The van der Waals surface area contributed by atoms with Gasteiger partial charge in [-0.05, 0) is 44.2 Å². The van der Waals surface area contributed by atoms with Gasteiger partial charge >= 0.3 is 0 Å². The number of aryl methyl sites for hydroxylation is 1. The van der Waals surface area contributed by atoms with Crippen LogP contribution in [0.1, 0.15) is 44.1 Å². The molecule has 146 valence electrons. The van der Waals surface area contributed by atoms with E-state index < -0.39 is 0 Å². The Balaban J connectivity index is 1.34. The van der Waals surface area contributed by atoms with Crippen molar-refractivity contribution in [1.82, 2.24) is 9.80 Å². The lowest BCUT2D eigenvalue weighted by Crippen LogP contribution is -2.59. The molecule has 27 heavy (non-hydrogen) atoms. The Hall–Kier alpha value is -2.04. The number of carbonyl (C=O) groups excluding carboxylic acids is 2. The lowest BCUT2D eigenvalue weighted by molar-refractivity contribution is -0.153. The Morgan fingerprint density at radius 2 is 1.48 bits per heavy atom. The standard InChI is InChI=1S/C22H30N2O3/c1-16-8-2-5-11-20(16)27-17-14-24(15-17)22(26)19-10-4-3-9-18(19)21(25)23-12-6-7-13-23/h2,5,8,11,17-19H,3-4,6-7,9-10,12-15H2,1H3/t18-,19+/m1/s1. The van der Waals surface area contributed by atoms with Gasteiger partial charge in [0.15, 0.2) is 0 Å². The fourth-order valence-electron chi connectivity index (χ4n) is 4.69. The average molecular weight is 370 g/mol. The van der Waals surface area contributed by atoms with Crippen LogP contribution in [0.5, 0.6) is 5.75 Å². The number of para-hydroxylation sites is 1. The molecule has 0 radical (unpaired) electrons. The van der Waals surface area contributed by atoms with Gasteiger partial charge in [-0.3, -0.25) is 9.59 Å². The molecule has 0 N–H and O–H groups in total. The summed E-state index contributed by atoms with van der Waals surface area (Å²) in [7, 11) is 0. The van der Waals surface area contributed by atoms with Gasteiger partial charge in [-0.1, -0.05) is 31.0 Å². The van der Waals surface area contributed by atoms with Crippen molar-refractivity contribution in [3.8, 4) is 5.75 Å². The molecule has 4 rings (SSSR count). The van der Waals surface area contributed by atoms with Crippen LogP contribution in [0.3, 0.4) is 0 Å². The normalized spacial score (nSPS) is 26.0. The summed E-state index contributed by atoms with van der Waals surface area (Å²) >= 11 is 0. The van der Waals surface area contributed by atoms with E-state index in [0.717, 1.165) is 62.9 Å². The quantitative estimate of drug-likeness (QED) is 0.819. The Morgan fingerprint density at radius 3 is 2.11 bits per heavy atom. The van der Waals surface area contributed by atoms with Gasteiger partial charge in [0, 0.05) is 24.9 Å². The maximum Gasteiger partial charge on any atom is 0.226 e. The maximum atomic E-state index is 13.1. The monoisotopic (exact) mass is 370 g/mol. The predicted octanol–water partition coefficient (Wildman–Crippen LogP) is 3.01. The van der Waals surface area contributed by atoms with Crippen LogP contribution in [0.15, 0.2) is 24.3 Å². The van der Waals surface area contributed by atoms with Gasteiger partial charge < -0.3 is 14.5 Å². The molecular formula is C22H30N2O3. The summed E-state index contributed by atoms with van der Waals surface area (Å²) in [5, 5.41) is 0. The first kappa shape index (κ1) is 18.3. The van der Waals surface area contributed by atoms with Crippen molar-refractivity contribution < 1.29 is 14.3 Å². The molecule has 0 bridgehead atoms. The molecule has 2 saturated heterocycles. The number of benzene rings is 1. The molecule has 1 aliphatic carbocycles. The number of nitrogens with zero attached hydrogens (tertiary/aromatic N) is 2. The van der Waals surface area contributed by atoms with Gasteiger partial charge in [-0.25, -0.2) is 0 Å². The summed E-state index contributed by atoms with van der Waals surface area (Å²) < 4.78 is 6.04. The fraction of sp³-hybridized carbons (Fsp3) is 0.636. The predicted molar refractivity (Wildman–Crippen MR) is 103 cm³/mol. The first-order valence-corrected chi connectivity index (χ1v) is 10.4. The molecule has 1 saturated carbocycles. The molecule has 2 aliphatic heterocycles. The molecule has 3 fully saturated rings. The second-order valence-corrected chi connectivity index (χ2v) is 8.28. The van der Waals surface area contributed by atoms with E-state index in [0.29, 0.717) is 13.1 Å². The molecule has 0 unspecified atom stereocenters. The number of rotatable bonds is 4. The summed E-state index contributed by atoms with van der Waals surface area (Å²) in [6.45, 7) is 5.04. The molecule has 1 aromatic rings. The van der Waals surface area contributed by atoms with Crippen LogP contribution >= 0.6 is 0 Å². The summed E-state index contributed by atoms with van der Waals surface area (Å²) in [5.74, 6) is 1.04. The molecule has 2 heterocycles. The smallest absolute Gasteiger partial charge is 0.226 e. The first-order valence-electron chi connectivity index (χ1n) is 10.4. The largest absolute Gasteiger partial charge is 0.486 e. The second kappa shape index (κ2) is 7.91. The minimum absolute atomic E-state index is 0.0615. The van der Waals surface area contributed by atoms with Crippen molar-refractivity contribution in [2.75, 3.05) is 26.2 Å². The number of hydrogen-bond acceptors (Lipinski definition) is 3. The van der Waals surface area contributed by atoms with Crippen LogP contribution in [0.25, 0.3) is 0 Å². The summed E-state index contributed by atoms with van der Waals surface area (Å²) in [6.07, 6.45) is 6.09. The molecule has 5 heteroatoms. The minimum atomic E-state index is -0.133. The number of amides is 2. The average Bonchev–Trinajstić information content (AvgIpc) is 3.19. The van der Waals surface area contributed by atoms with Crippen molar-refractivity contribution in [3.05, 3.63) is 29.8 Å². The molecule has 2 atom stereocenters. The Kier molecular flexibility index (Phi) is 5.37. The fourth-order valence-corrected chi connectivity index (χ4v) is 4.69. The van der Waals surface area contributed by atoms with Gasteiger partial charge in [0.1, 0.15) is 11.9 Å². The van der Waals surface area contributed by atoms with Crippen molar-refractivity contribution in [3.63, 3.8) is 0 Å². The molecule has 5 nitrogen and oxygen atoms in total. The topological polar surface area (TPSA) is 49.9 Å². The van der Waals surface area contributed by atoms with Crippen molar-refractivity contribution in [2.45, 2.75) is 51.6 Å². The Bertz CT molecular complexity index is 693. The highest BCUT2D eigenvalue weighted by Gasteiger charge is 2.43. The lowest BCUT2D eigenvalue weighted by Gasteiger charge is -2.43. The molecule has 3 aliphatic rings. The summed E-state index contributed by atoms with van der Waals surface area (Å²) in [5.41, 5.74) is 1.12. The Labute approximate surface area is 161 Å². The number of ether oxygens (including phenoxy) is 1. The molecule has 0 spiro atoms. The van der Waals surface area contributed by atoms with Crippen LogP contribution in [-0.2, 0) is 9.59 Å². The highest BCUT2D eigenvalue weighted by Crippen LogP contribution is 2.35. The second-order valence-electron chi connectivity index (χ2n) is 8.28. The van der Waals surface area contributed by atoms with Crippen LogP contribution in [0.2, 0.25) is 0 Å². The Morgan fingerprint density at radius 1 is 0.889 bits per heavy atom. The van der Waals surface area contributed by atoms with Crippen LogP contribution < -0.4 is 4.74 Å². The van der Waals surface area contributed by atoms with E-state index in [-0.39, 0.29) is 29.8 Å². The van der Waals surface area contributed by atoms with Crippen LogP contribution in [-0.4, -0.2) is 53.9 Å². The molecule has 0 aromatic heterocycles. The van der Waals surface area contributed by atoms with Gasteiger partial charge in [0.2, 0.25) is 11.8 Å². The van der Waals surface area contributed by atoms with Crippen molar-refractivity contribution >= 4 is 11.8 Å². The zero-order chi connectivity index (χ0) is 18.8. The molecule has 1 aromatic carbocycles. The van der Waals surface area contributed by atoms with Gasteiger partial charge in [-0.15, -0.1) is 0 Å². The van der Waals surface area contributed by atoms with E-state index in [1.54, 1.807) is 0 Å². The lowest BCUT2D eigenvalue weighted by atomic mass is 9.77. The van der Waals surface area contributed by atoms with E-state index in [1.807, 2.05) is 41.0 Å². The first-order chi connectivity index (χ1) is 13.1. The van der Waals surface area contributed by atoms with Crippen molar-refractivity contribution in [1.29, 1.82) is 0 Å². The van der Waals surface area contributed by atoms with Crippen molar-refractivity contribution in [2.24, 2.45) is 11.8 Å². The van der Waals surface area contributed by atoms with Crippen LogP contribution in [0.4, 0.5) is 0 Å². The van der Waals surface area contributed by atoms with E-state index in [2.05, 4.69) is 0 Å². The zero-order valence-electron chi connectivity index (χ0n) is 16.2.